The molecule has 0 saturated heterocycles. The Bertz CT molecular complexity index is 466. The minimum atomic E-state index is -4.47. The topological polar surface area (TPSA) is 109 Å². The Kier molecular flexibility index (Phi) is 5.08. The molecule has 0 saturated carbocycles. The van der Waals surface area contributed by atoms with Crippen molar-refractivity contribution in [3.05, 3.63) is 24.3 Å². The second kappa shape index (κ2) is 5.30. The Morgan fingerprint density at radius 2 is 1.18 bits per heavy atom. The van der Waals surface area contributed by atoms with Crippen LogP contribution in [0.3, 0.4) is 0 Å². The van der Waals surface area contributed by atoms with Crippen LogP contribution in [0.2, 0.25) is 0 Å². The van der Waals surface area contributed by atoms with E-state index in [1.807, 2.05) is 0 Å². The van der Waals surface area contributed by atoms with Gasteiger partial charge in [0.1, 0.15) is 10.5 Å². The first-order valence-corrected chi connectivity index (χ1v) is 7.61. The molecule has 0 amide bonds. The van der Waals surface area contributed by atoms with E-state index in [1.165, 1.54) is 13.8 Å². The summed E-state index contributed by atoms with van der Waals surface area (Å²) in [6.45, 7) is 9.43. The molecular weight excluding hydrogens is 268 g/mol. The first-order valence-electron chi connectivity index (χ1n) is 4.60. The van der Waals surface area contributed by atoms with Crippen LogP contribution in [0, 0.1) is 0 Å². The van der Waals surface area contributed by atoms with Gasteiger partial charge in [-0.2, -0.15) is 16.8 Å². The van der Waals surface area contributed by atoms with Crippen molar-refractivity contribution in [2.75, 3.05) is 0 Å². The highest BCUT2D eigenvalue weighted by molar-refractivity contribution is 7.87. The zero-order valence-electron chi connectivity index (χ0n) is 9.62. The van der Waals surface area contributed by atoms with Crippen LogP contribution in [0.1, 0.15) is 20.3 Å². The fourth-order valence-electron chi connectivity index (χ4n) is 1.35. The summed E-state index contributed by atoms with van der Waals surface area (Å²) in [7, 11) is -8.94. The van der Waals surface area contributed by atoms with Crippen LogP contribution < -0.4 is 0 Å². The second-order valence-corrected chi connectivity index (χ2v) is 7.13. The quantitative estimate of drug-likeness (QED) is 0.557. The predicted molar refractivity (Wildman–Crippen MR) is 64.9 cm³/mol. The molecule has 0 aromatic carbocycles. The minimum Gasteiger partial charge on any atom is -0.285 e. The zero-order valence-corrected chi connectivity index (χ0v) is 11.3. The molecule has 2 unspecified atom stereocenters. The van der Waals surface area contributed by atoms with Gasteiger partial charge in [-0.05, 0) is 20.3 Å². The van der Waals surface area contributed by atoms with Crippen LogP contribution in [0.5, 0.6) is 0 Å². The molecule has 0 spiro atoms. The fourth-order valence-corrected chi connectivity index (χ4v) is 3.36. The Morgan fingerprint density at radius 3 is 1.29 bits per heavy atom. The van der Waals surface area contributed by atoms with Crippen LogP contribution in [-0.4, -0.2) is 36.4 Å². The van der Waals surface area contributed by atoms with E-state index in [1.54, 1.807) is 0 Å². The van der Waals surface area contributed by atoms with Crippen molar-refractivity contribution in [2.45, 2.75) is 30.8 Å². The summed E-state index contributed by atoms with van der Waals surface area (Å²) in [5.74, 6) is 0. The highest BCUT2D eigenvalue weighted by Gasteiger charge is 2.33. The first kappa shape index (κ1) is 16.3. The van der Waals surface area contributed by atoms with Gasteiger partial charge >= 0.3 is 0 Å². The average Bonchev–Trinajstić information content (AvgIpc) is 1.96. The maximum atomic E-state index is 11.0. The Morgan fingerprint density at radius 1 is 0.941 bits per heavy atom. The number of hydrogen-bond donors (Lipinski definition) is 2. The summed E-state index contributed by atoms with van der Waals surface area (Å²) >= 11 is 0. The summed E-state index contributed by atoms with van der Waals surface area (Å²) in [5.41, 5.74) is 0.171. The third kappa shape index (κ3) is 4.99. The molecule has 0 aliphatic rings. The van der Waals surface area contributed by atoms with Gasteiger partial charge in [0.2, 0.25) is 0 Å². The van der Waals surface area contributed by atoms with Crippen molar-refractivity contribution in [3.63, 3.8) is 0 Å². The van der Waals surface area contributed by atoms with Gasteiger partial charge in [-0.25, -0.2) is 0 Å². The average molecular weight is 284 g/mol. The molecule has 0 aromatic rings. The van der Waals surface area contributed by atoms with Crippen molar-refractivity contribution in [3.8, 4) is 0 Å². The zero-order chi connectivity index (χ0) is 14.0. The lowest BCUT2D eigenvalue weighted by molar-refractivity contribution is 0.458. The number of hydrogen-bond acceptors (Lipinski definition) is 4. The fraction of sp³-hybridized carbons (Fsp3) is 0.556. The molecule has 0 aliphatic carbocycles. The minimum absolute atomic E-state index is 0.0856. The van der Waals surface area contributed by atoms with Gasteiger partial charge in [-0.15, -0.1) is 0 Å². The Balaban J connectivity index is 5.39. The number of rotatable bonds is 6. The summed E-state index contributed by atoms with van der Waals surface area (Å²) in [4.78, 5) is 0. The normalized spacial score (nSPS) is 16.2. The van der Waals surface area contributed by atoms with Crippen molar-refractivity contribution in [1.29, 1.82) is 0 Å². The van der Waals surface area contributed by atoms with Gasteiger partial charge in [0.25, 0.3) is 20.2 Å². The van der Waals surface area contributed by atoms with E-state index in [2.05, 4.69) is 13.2 Å². The van der Waals surface area contributed by atoms with E-state index in [0.717, 1.165) is 0 Å². The van der Waals surface area contributed by atoms with Crippen molar-refractivity contribution >= 4 is 20.2 Å². The van der Waals surface area contributed by atoms with E-state index in [-0.39, 0.29) is 11.1 Å². The highest BCUT2D eigenvalue weighted by Crippen LogP contribution is 2.22. The third-order valence-electron chi connectivity index (χ3n) is 2.25. The summed E-state index contributed by atoms with van der Waals surface area (Å²) in [6.07, 6.45) is -0.512. The van der Waals surface area contributed by atoms with Gasteiger partial charge in [-0.1, -0.05) is 24.3 Å². The van der Waals surface area contributed by atoms with Gasteiger partial charge in [0, 0.05) is 0 Å². The molecule has 2 atom stereocenters. The van der Waals surface area contributed by atoms with E-state index >= 15 is 0 Å². The standard InChI is InChI=1S/C9H16O6S2/c1-6(2)8(16(10,11)12)5-9(7(3)4)17(13,14)15/h8-9H,1,3,5H2,2,4H3,(H,10,11,12)(H,13,14,15). The molecule has 6 nitrogen and oxygen atoms in total. The van der Waals surface area contributed by atoms with Crippen molar-refractivity contribution in [1.82, 2.24) is 0 Å². The maximum Gasteiger partial charge on any atom is 0.271 e. The van der Waals surface area contributed by atoms with Gasteiger partial charge in [-0.3, -0.25) is 9.11 Å². The molecule has 0 fully saturated rings. The Hall–Kier alpha value is -0.700. The second-order valence-electron chi connectivity index (χ2n) is 3.94. The smallest absolute Gasteiger partial charge is 0.271 e. The van der Waals surface area contributed by atoms with Crippen LogP contribution in [-0.2, 0) is 20.2 Å². The lowest BCUT2D eigenvalue weighted by Gasteiger charge is -2.19. The molecule has 0 aromatic heterocycles. The molecule has 0 bridgehead atoms. The van der Waals surface area contributed by atoms with Crippen LogP contribution in [0.4, 0.5) is 0 Å². The molecule has 0 aliphatic heterocycles. The van der Waals surface area contributed by atoms with E-state index in [0.29, 0.717) is 0 Å². The van der Waals surface area contributed by atoms with E-state index in [4.69, 9.17) is 9.11 Å². The maximum absolute atomic E-state index is 11.0. The van der Waals surface area contributed by atoms with Crippen molar-refractivity contribution in [2.24, 2.45) is 0 Å². The SMILES string of the molecule is C=C(C)C(CC(C(=C)C)S(=O)(=O)O)S(=O)(=O)O. The Labute approximate surface area is 102 Å². The van der Waals surface area contributed by atoms with Gasteiger partial charge in [0.15, 0.2) is 0 Å². The van der Waals surface area contributed by atoms with Crippen LogP contribution in [0.25, 0.3) is 0 Å². The molecule has 8 heteroatoms. The monoisotopic (exact) mass is 284 g/mol. The molecule has 0 rings (SSSR count). The lowest BCUT2D eigenvalue weighted by atomic mass is 10.1. The van der Waals surface area contributed by atoms with Crippen molar-refractivity contribution < 1.29 is 25.9 Å². The van der Waals surface area contributed by atoms with Gasteiger partial charge < -0.3 is 0 Å². The largest absolute Gasteiger partial charge is 0.285 e. The third-order valence-corrected chi connectivity index (χ3v) is 4.87. The highest BCUT2D eigenvalue weighted by atomic mass is 32.2. The van der Waals surface area contributed by atoms with E-state index < -0.39 is 37.2 Å². The lowest BCUT2D eigenvalue weighted by Crippen LogP contribution is -2.31. The van der Waals surface area contributed by atoms with Gasteiger partial charge in [0.05, 0.1) is 0 Å². The molecule has 0 radical (unpaired) electrons. The molecular formula is C9H16O6S2. The van der Waals surface area contributed by atoms with Crippen LogP contribution in [0.15, 0.2) is 24.3 Å². The molecule has 100 valence electrons. The molecule has 2 N–H and O–H groups in total. The molecule has 0 heterocycles. The predicted octanol–water partition coefficient (Wildman–Crippen LogP) is 1.04. The first-order chi connectivity index (χ1) is 7.37. The van der Waals surface area contributed by atoms with Crippen LogP contribution >= 0.6 is 0 Å². The summed E-state index contributed by atoms with van der Waals surface area (Å²) in [6, 6.07) is 0. The van der Waals surface area contributed by atoms with E-state index in [9.17, 15) is 16.8 Å². The molecule has 17 heavy (non-hydrogen) atoms. The summed E-state index contributed by atoms with van der Waals surface area (Å²) in [5, 5.41) is -2.91. The summed E-state index contributed by atoms with van der Waals surface area (Å²) < 4.78 is 62.1.